The number of hydrogen-bond acceptors (Lipinski definition) is 3. The second-order valence-corrected chi connectivity index (χ2v) is 5.27. The van der Waals surface area contributed by atoms with E-state index in [1.54, 1.807) is 0 Å². The molecule has 0 bridgehead atoms. The smallest absolute Gasteiger partial charge is 0.237 e. The monoisotopic (exact) mass is 287 g/mol. The predicted octanol–water partition coefficient (Wildman–Crippen LogP) is 2.22. The third kappa shape index (κ3) is 5.97. The lowest BCUT2D eigenvalue weighted by molar-refractivity contribution is -0.124. The molecule has 0 fully saturated rings. The highest BCUT2D eigenvalue weighted by atomic mass is 16.1. The van der Waals surface area contributed by atoms with Crippen LogP contribution in [0.3, 0.4) is 0 Å². The number of carbonyl (C=O) groups excluding carboxylic acids is 1. The molecule has 1 N–H and O–H groups in total. The van der Waals surface area contributed by atoms with E-state index in [1.165, 1.54) is 0 Å². The summed E-state index contributed by atoms with van der Waals surface area (Å²) >= 11 is 0. The Bertz CT molecular complexity index is 463. The van der Waals surface area contributed by atoms with Crippen molar-refractivity contribution in [1.29, 1.82) is 5.26 Å². The molecule has 4 nitrogen and oxygen atoms in total. The standard InChI is InChI=1S/C17H25N3O/c1-4-20(5-2)13-14(3)19-17(21)16(12-18)11-15-9-7-6-8-10-15/h6-10,14,16H,4-5,11,13H2,1-3H3,(H,19,21). The van der Waals surface area contributed by atoms with Gasteiger partial charge in [-0.25, -0.2) is 0 Å². The largest absolute Gasteiger partial charge is 0.351 e. The normalized spacial score (nSPS) is 13.5. The van der Waals surface area contributed by atoms with E-state index in [0.29, 0.717) is 6.42 Å². The van der Waals surface area contributed by atoms with Crippen LogP contribution in [0.1, 0.15) is 26.3 Å². The minimum Gasteiger partial charge on any atom is -0.351 e. The minimum atomic E-state index is -0.633. The zero-order valence-corrected chi connectivity index (χ0v) is 13.2. The third-order valence-electron chi connectivity index (χ3n) is 3.57. The molecule has 114 valence electrons. The lowest BCUT2D eigenvalue weighted by atomic mass is 9.99. The van der Waals surface area contributed by atoms with Crippen LogP contribution < -0.4 is 5.32 Å². The highest BCUT2D eigenvalue weighted by Crippen LogP contribution is 2.08. The quantitative estimate of drug-likeness (QED) is 0.797. The average Bonchev–Trinajstić information content (AvgIpc) is 2.51. The van der Waals surface area contributed by atoms with Crippen molar-refractivity contribution in [2.24, 2.45) is 5.92 Å². The number of nitriles is 1. The van der Waals surface area contributed by atoms with E-state index in [4.69, 9.17) is 0 Å². The molecule has 0 aromatic heterocycles. The molecule has 1 aromatic rings. The van der Waals surface area contributed by atoms with Gasteiger partial charge in [-0.2, -0.15) is 5.26 Å². The van der Waals surface area contributed by atoms with E-state index in [2.05, 4.69) is 30.1 Å². The summed E-state index contributed by atoms with van der Waals surface area (Å²) in [5.74, 6) is -0.812. The number of rotatable bonds is 8. The maximum absolute atomic E-state index is 12.2. The molecule has 2 atom stereocenters. The van der Waals surface area contributed by atoms with Crippen molar-refractivity contribution in [2.75, 3.05) is 19.6 Å². The molecule has 0 aliphatic rings. The van der Waals surface area contributed by atoms with E-state index in [-0.39, 0.29) is 11.9 Å². The van der Waals surface area contributed by atoms with Crippen molar-refractivity contribution in [1.82, 2.24) is 10.2 Å². The number of nitrogens with zero attached hydrogens (tertiary/aromatic N) is 2. The molecular weight excluding hydrogens is 262 g/mol. The fraction of sp³-hybridized carbons (Fsp3) is 0.529. The summed E-state index contributed by atoms with van der Waals surface area (Å²) in [6.07, 6.45) is 0.459. The van der Waals surface area contributed by atoms with Gasteiger partial charge in [0, 0.05) is 12.6 Å². The minimum absolute atomic E-state index is 0.0454. The third-order valence-corrected chi connectivity index (χ3v) is 3.57. The Morgan fingerprint density at radius 1 is 1.29 bits per heavy atom. The van der Waals surface area contributed by atoms with E-state index in [9.17, 15) is 10.1 Å². The average molecular weight is 287 g/mol. The Balaban J connectivity index is 2.54. The molecule has 0 radical (unpaired) electrons. The Morgan fingerprint density at radius 3 is 2.43 bits per heavy atom. The Kier molecular flexibility index (Phi) is 7.49. The summed E-state index contributed by atoms with van der Waals surface area (Å²) in [4.78, 5) is 14.4. The van der Waals surface area contributed by atoms with Crippen LogP contribution in [-0.4, -0.2) is 36.5 Å². The fourth-order valence-electron chi connectivity index (χ4n) is 2.30. The number of likely N-dealkylation sites (N-methyl/N-ethyl adjacent to an activating group) is 1. The Labute approximate surface area is 127 Å². The van der Waals surface area contributed by atoms with Crippen LogP contribution in [0.4, 0.5) is 0 Å². The van der Waals surface area contributed by atoms with E-state index in [0.717, 1.165) is 25.2 Å². The van der Waals surface area contributed by atoms with E-state index < -0.39 is 5.92 Å². The molecule has 0 saturated heterocycles. The van der Waals surface area contributed by atoms with E-state index in [1.807, 2.05) is 37.3 Å². The molecule has 1 aromatic carbocycles. The molecule has 0 aliphatic heterocycles. The molecule has 21 heavy (non-hydrogen) atoms. The highest BCUT2D eigenvalue weighted by Gasteiger charge is 2.20. The van der Waals surface area contributed by atoms with Crippen molar-refractivity contribution in [2.45, 2.75) is 33.2 Å². The van der Waals surface area contributed by atoms with Crippen LogP contribution in [0.2, 0.25) is 0 Å². The van der Waals surface area contributed by atoms with Gasteiger partial charge in [0.1, 0.15) is 5.92 Å². The second kappa shape index (κ2) is 9.15. The number of hydrogen-bond donors (Lipinski definition) is 1. The van der Waals surface area contributed by atoms with Gasteiger partial charge in [0.05, 0.1) is 6.07 Å². The summed E-state index contributed by atoms with van der Waals surface area (Å²) in [6.45, 7) is 8.91. The van der Waals surface area contributed by atoms with Crippen LogP contribution in [0.25, 0.3) is 0 Å². The van der Waals surface area contributed by atoms with Crippen molar-refractivity contribution < 1.29 is 4.79 Å². The molecule has 0 spiro atoms. The molecule has 0 heterocycles. The van der Waals surface area contributed by atoms with Gasteiger partial charge in [-0.3, -0.25) is 4.79 Å². The number of benzene rings is 1. The van der Waals surface area contributed by atoms with Crippen molar-refractivity contribution in [3.05, 3.63) is 35.9 Å². The number of nitrogens with one attached hydrogen (secondary N) is 1. The number of amides is 1. The van der Waals surface area contributed by atoms with Crippen molar-refractivity contribution >= 4 is 5.91 Å². The summed E-state index contributed by atoms with van der Waals surface area (Å²) in [5, 5.41) is 12.2. The Morgan fingerprint density at radius 2 is 1.90 bits per heavy atom. The zero-order chi connectivity index (χ0) is 15.7. The van der Waals surface area contributed by atoms with Crippen molar-refractivity contribution in [3.8, 4) is 6.07 Å². The maximum atomic E-state index is 12.2. The van der Waals surface area contributed by atoms with Gasteiger partial charge in [0.2, 0.25) is 5.91 Å². The number of carbonyl (C=O) groups is 1. The molecular formula is C17H25N3O. The summed E-state index contributed by atoms with van der Waals surface area (Å²) in [6, 6.07) is 11.8. The topological polar surface area (TPSA) is 56.1 Å². The first kappa shape index (κ1) is 17.2. The molecule has 0 aliphatic carbocycles. The lowest BCUT2D eigenvalue weighted by Crippen LogP contribution is -2.44. The second-order valence-electron chi connectivity index (χ2n) is 5.27. The Hall–Kier alpha value is -1.86. The molecule has 0 saturated carbocycles. The highest BCUT2D eigenvalue weighted by molar-refractivity contribution is 5.81. The summed E-state index contributed by atoms with van der Waals surface area (Å²) in [5.41, 5.74) is 1.01. The van der Waals surface area contributed by atoms with Crippen LogP contribution in [0, 0.1) is 17.2 Å². The van der Waals surface area contributed by atoms with Gasteiger partial charge < -0.3 is 10.2 Å². The molecule has 2 unspecified atom stereocenters. The van der Waals surface area contributed by atoms with Gasteiger partial charge in [-0.1, -0.05) is 44.2 Å². The summed E-state index contributed by atoms with van der Waals surface area (Å²) < 4.78 is 0. The maximum Gasteiger partial charge on any atom is 0.237 e. The van der Waals surface area contributed by atoms with Gasteiger partial charge in [-0.05, 0) is 32.0 Å². The lowest BCUT2D eigenvalue weighted by Gasteiger charge is -2.24. The van der Waals surface area contributed by atoms with Crippen LogP contribution in [0.15, 0.2) is 30.3 Å². The van der Waals surface area contributed by atoms with Gasteiger partial charge >= 0.3 is 0 Å². The van der Waals surface area contributed by atoms with Crippen LogP contribution in [-0.2, 0) is 11.2 Å². The van der Waals surface area contributed by atoms with Crippen LogP contribution >= 0.6 is 0 Å². The first-order chi connectivity index (χ1) is 10.1. The van der Waals surface area contributed by atoms with Crippen LogP contribution in [0.5, 0.6) is 0 Å². The molecule has 1 amide bonds. The molecule has 1 rings (SSSR count). The first-order valence-corrected chi connectivity index (χ1v) is 7.56. The zero-order valence-electron chi connectivity index (χ0n) is 13.2. The van der Waals surface area contributed by atoms with E-state index >= 15 is 0 Å². The first-order valence-electron chi connectivity index (χ1n) is 7.56. The van der Waals surface area contributed by atoms with Crippen molar-refractivity contribution in [3.63, 3.8) is 0 Å². The fourth-order valence-corrected chi connectivity index (χ4v) is 2.30. The molecule has 4 heteroatoms. The van der Waals surface area contributed by atoms with Gasteiger partial charge in [0.15, 0.2) is 0 Å². The van der Waals surface area contributed by atoms with Gasteiger partial charge in [-0.15, -0.1) is 0 Å². The van der Waals surface area contributed by atoms with Gasteiger partial charge in [0.25, 0.3) is 0 Å². The SMILES string of the molecule is CCN(CC)CC(C)NC(=O)C(C#N)Cc1ccccc1. The summed E-state index contributed by atoms with van der Waals surface area (Å²) in [7, 11) is 0. The predicted molar refractivity (Wildman–Crippen MR) is 84.6 cm³/mol.